The van der Waals surface area contributed by atoms with Crippen molar-refractivity contribution in [2.45, 2.75) is 167 Å². The van der Waals surface area contributed by atoms with E-state index in [1.165, 1.54) is 140 Å². The van der Waals surface area contributed by atoms with Gasteiger partial charge in [0.25, 0.3) is 0 Å². The molecule has 0 saturated heterocycles. The van der Waals surface area contributed by atoms with E-state index >= 15 is 0 Å². The molecule has 0 nitrogen and oxygen atoms in total. The zero-order chi connectivity index (χ0) is 22.2. The zero-order valence-corrected chi connectivity index (χ0v) is 25.2. The summed E-state index contributed by atoms with van der Waals surface area (Å²) < 4.78 is 0.145. The maximum atomic E-state index is 8.39. The number of halogens is 2. The third kappa shape index (κ3) is 6.90. The van der Waals surface area contributed by atoms with Gasteiger partial charge in [-0.15, -0.1) is 0 Å². The van der Waals surface area contributed by atoms with Crippen LogP contribution in [0.1, 0.15) is 135 Å². The van der Waals surface area contributed by atoms with Crippen molar-refractivity contribution < 1.29 is 17.0 Å². The molecule has 5 heteroatoms. The maximum absolute atomic E-state index is 8.39. The molecule has 4 saturated carbocycles. The zero-order valence-electron chi connectivity index (χ0n) is 20.3. The molecule has 0 N–H and O–H groups in total. The second-order valence-corrected chi connectivity index (χ2v) is 21.0. The molecule has 0 aromatic rings. The molecule has 0 bridgehead atoms. The van der Waals surface area contributed by atoms with Gasteiger partial charge in [0.05, 0.1) is 0 Å². The predicted octanol–water partition coefficient (Wildman–Crippen LogP) is 11.2. The van der Waals surface area contributed by atoms with Crippen LogP contribution in [0.4, 0.5) is 0 Å². The van der Waals surface area contributed by atoms with Crippen LogP contribution in [0.5, 0.6) is 0 Å². The van der Waals surface area contributed by atoms with E-state index in [9.17, 15) is 0 Å². The average Bonchev–Trinajstić information content (AvgIpc) is 2.86. The summed E-state index contributed by atoms with van der Waals surface area (Å²) in [5.74, 6) is 0. The van der Waals surface area contributed by atoms with Crippen LogP contribution in [0.3, 0.4) is 0 Å². The van der Waals surface area contributed by atoms with Crippen LogP contribution < -0.4 is 0 Å². The summed E-state index contributed by atoms with van der Waals surface area (Å²) in [6, 6.07) is 0. The number of alkyl halides is 1. The predicted molar refractivity (Wildman–Crippen MR) is 145 cm³/mol. The Labute approximate surface area is 219 Å². The van der Waals surface area contributed by atoms with Crippen molar-refractivity contribution in [3.8, 4) is 0 Å². The van der Waals surface area contributed by atoms with Crippen LogP contribution in [0.2, 0.25) is 4.89 Å². The Morgan fingerprint density at radius 2 is 0.812 bits per heavy atom. The van der Waals surface area contributed by atoms with Crippen molar-refractivity contribution in [3.05, 3.63) is 0 Å². The van der Waals surface area contributed by atoms with E-state index in [0.29, 0.717) is 17.0 Å². The molecule has 0 heterocycles. The van der Waals surface area contributed by atoms with Crippen LogP contribution in [0.15, 0.2) is 0 Å². The summed E-state index contributed by atoms with van der Waals surface area (Å²) >= 11 is 8.75. The van der Waals surface area contributed by atoms with Crippen molar-refractivity contribution in [1.82, 2.24) is 0 Å². The normalized spacial score (nSPS) is 26.4. The molecule has 0 unspecified atom stereocenters. The Hall–Kier alpha value is 2.10. The van der Waals surface area contributed by atoms with E-state index in [1.807, 2.05) is 0 Å². The first kappa shape index (κ1) is 27.1. The van der Waals surface area contributed by atoms with Gasteiger partial charge in [0.2, 0.25) is 0 Å². The first-order chi connectivity index (χ1) is 15.7. The monoisotopic (exact) mass is 610 g/mol. The van der Waals surface area contributed by atoms with Gasteiger partial charge in [0.15, 0.2) is 0 Å². The summed E-state index contributed by atoms with van der Waals surface area (Å²) in [5, 5.41) is 0. The molecule has 4 rings (SSSR count). The van der Waals surface area contributed by atoms with E-state index in [2.05, 4.69) is 0 Å². The van der Waals surface area contributed by atoms with E-state index in [4.69, 9.17) is 21.1 Å². The molecule has 4 fully saturated rings. The number of hydrogen-bond acceptors (Lipinski definition) is 0. The molecule has 0 atom stereocenters. The van der Waals surface area contributed by atoms with Crippen molar-refractivity contribution in [2.75, 3.05) is 0 Å². The van der Waals surface area contributed by atoms with Gasteiger partial charge in [-0.25, -0.2) is 0 Å². The SMILES string of the molecule is [Cl][Pd][CH2]CC(Cl)(P(C1CCCCC1)C1CCCCC1)P(C1CCCCC1)C1CCCCC1. The molecule has 0 radical (unpaired) electrons. The van der Waals surface area contributed by atoms with E-state index in [1.54, 1.807) is 0 Å². The van der Waals surface area contributed by atoms with Crippen molar-refractivity contribution in [3.63, 3.8) is 0 Å². The minimum atomic E-state index is -0.0995. The van der Waals surface area contributed by atoms with Crippen LogP contribution in [0.25, 0.3) is 0 Å². The van der Waals surface area contributed by atoms with Crippen LogP contribution >= 0.6 is 37.0 Å². The van der Waals surface area contributed by atoms with Crippen LogP contribution in [0, 0.1) is 0 Å². The van der Waals surface area contributed by atoms with Gasteiger partial charge < -0.3 is 0 Å². The molecule has 0 spiro atoms. The van der Waals surface area contributed by atoms with E-state index in [-0.39, 0.29) is 20.2 Å². The van der Waals surface area contributed by atoms with Gasteiger partial charge in [-0.2, -0.15) is 0 Å². The molecular formula is C27H48Cl2P2Pd. The fourth-order valence-corrected chi connectivity index (χ4v) is 22.2. The Kier molecular flexibility index (Phi) is 12.0. The van der Waals surface area contributed by atoms with Gasteiger partial charge in [0.1, 0.15) is 0 Å². The Morgan fingerprint density at radius 3 is 1.06 bits per heavy atom. The van der Waals surface area contributed by atoms with Gasteiger partial charge in [-0.3, -0.25) is 0 Å². The third-order valence-corrected chi connectivity index (χ3v) is 20.5. The Balaban J connectivity index is 1.71. The van der Waals surface area contributed by atoms with E-state index < -0.39 is 0 Å². The molecule has 0 aromatic carbocycles. The molecular weight excluding hydrogens is 564 g/mol. The fourth-order valence-electron chi connectivity index (χ4n) is 7.67. The quantitative estimate of drug-likeness (QED) is 0.138. The van der Waals surface area contributed by atoms with Crippen LogP contribution in [-0.2, 0) is 17.0 Å². The number of hydrogen-bond donors (Lipinski definition) is 0. The summed E-state index contributed by atoms with van der Waals surface area (Å²) in [5.41, 5.74) is 3.88. The Bertz CT molecular complexity index is 448. The summed E-state index contributed by atoms with van der Waals surface area (Å²) in [6.45, 7) is 0. The summed E-state index contributed by atoms with van der Waals surface area (Å²) in [6.07, 6.45) is 31.0. The molecule has 0 aliphatic heterocycles. The fraction of sp³-hybridized carbons (Fsp3) is 1.00. The molecule has 190 valence electrons. The molecule has 32 heavy (non-hydrogen) atoms. The molecule has 0 aromatic heterocycles. The van der Waals surface area contributed by atoms with Gasteiger partial charge in [-0.1, -0.05) is 0 Å². The number of rotatable bonds is 9. The van der Waals surface area contributed by atoms with Gasteiger partial charge in [-0.05, 0) is 0 Å². The molecule has 4 aliphatic carbocycles. The van der Waals surface area contributed by atoms with Crippen molar-refractivity contribution in [1.29, 1.82) is 0 Å². The minimum absolute atomic E-state index is 0.0995. The summed E-state index contributed by atoms with van der Waals surface area (Å²) in [4.78, 5) is 1.20. The second kappa shape index (κ2) is 14.1. The van der Waals surface area contributed by atoms with Gasteiger partial charge >= 0.3 is 221 Å². The van der Waals surface area contributed by atoms with Gasteiger partial charge in [0, 0.05) is 0 Å². The summed E-state index contributed by atoms with van der Waals surface area (Å²) in [7, 11) is 6.27. The molecule has 0 amide bonds. The topological polar surface area (TPSA) is 0 Å². The second-order valence-electron chi connectivity index (χ2n) is 11.2. The van der Waals surface area contributed by atoms with Crippen LogP contribution in [-0.4, -0.2) is 27.0 Å². The molecule has 4 aliphatic rings. The Morgan fingerprint density at radius 1 is 0.531 bits per heavy atom. The first-order valence-corrected chi connectivity index (χ1v) is 20.6. The average molecular weight is 612 g/mol. The van der Waals surface area contributed by atoms with Crippen molar-refractivity contribution >= 4 is 37.0 Å². The standard InChI is InChI=1S/C27H48ClP2.ClH.Pd/c1-2-27(28,29(23-15-7-3-8-16-23)24-17-9-4-10-18-24)30(25-19-11-5-12-20-25)26-21-13-6-14-22-26;;/h23-26H,1-22H2;1H;/q;;+1/p-1. The first-order valence-electron chi connectivity index (χ1n) is 14.1. The third-order valence-electron chi connectivity index (χ3n) is 9.12. The van der Waals surface area contributed by atoms with Crippen molar-refractivity contribution in [2.24, 2.45) is 0 Å². The van der Waals surface area contributed by atoms with E-state index in [0.717, 1.165) is 22.6 Å².